The molecule has 0 aromatic heterocycles. The van der Waals surface area contributed by atoms with Gasteiger partial charge in [0.05, 0.1) is 12.7 Å². The molecule has 108 valence electrons. The molecule has 1 saturated heterocycles. The Morgan fingerprint density at radius 1 is 1.50 bits per heavy atom. The molecule has 0 radical (unpaired) electrons. The number of benzene rings is 1. The lowest BCUT2D eigenvalue weighted by molar-refractivity contribution is -0.136. The van der Waals surface area contributed by atoms with Gasteiger partial charge in [-0.3, -0.25) is 0 Å². The molecule has 1 unspecified atom stereocenters. The fraction of sp³-hybridized carbons (Fsp3) is 0.385. The van der Waals surface area contributed by atoms with E-state index in [9.17, 15) is 9.18 Å². The van der Waals surface area contributed by atoms with Crippen LogP contribution in [0.1, 0.15) is 18.1 Å². The molecule has 0 aliphatic carbocycles. The van der Waals surface area contributed by atoms with Crippen LogP contribution in [-0.2, 0) is 9.53 Å². The summed E-state index contributed by atoms with van der Waals surface area (Å²) in [5, 5.41) is 8.67. The number of carboxylic acid groups (broad SMARTS) is 1. The second-order valence-corrected chi connectivity index (χ2v) is 4.95. The molecule has 1 aromatic carbocycles. The summed E-state index contributed by atoms with van der Waals surface area (Å²) in [6, 6.07) is 6.03. The molecule has 7 heteroatoms. The van der Waals surface area contributed by atoms with E-state index in [0.29, 0.717) is 13.0 Å². The minimum atomic E-state index is -1.39. The molecule has 1 aliphatic rings. The smallest absolute Gasteiger partial charge is 0.344 e. The maximum absolute atomic E-state index is 12.8. The monoisotopic (exact) mass is 300 g/mol. The highest BCUT2D eigenvalue weighted by Crippen LogP contribution is 2.32. The number of amidine groups is 1. The molecule has 20 heavy (non-hydrogen) atoms. The molecule has 1 heterocycles. The van der Waals surface area contributed by atoms with Crippen LogP contribution in [0.15, 0.2) is 29.3 Å². The first-order chi connectivity index (χ1) is 9.47. The molecule has 0 saturated carbocycles. The second-order valence-electron chi connectivity index (χ2n) is 4.53. The molecular formula is C13H14ClFN2O3. The zero-order valence-corrected chi connectivity index (χ0v) is 11.3. The molecular weight excluding hydrogens is 287 g/mol. The van der Waals surface area contributed by atoms with Crippen molar-refractivity contribution in [1.82, 2.24) is 0 Å². The minimum absolute atomic E-state index is 0.164. The number of ether oxygens (including phenoxy) is 1. The Hall–Kier alpha value is -1.66. The van der Waals surface area contributed by atoms with E-state index in [1.807, 2.05) is 0 Å². The Kier molecular flexibility index (Phi) is 4.57. The first-order valence-electron chi connectivity index (χ1n) is 6.04. The van der Waals surface area contributed by atoms with Crippen molar-refractivity contribution in [2.75, 3.05) is 6.61 Å². The summed E-state index contributed by atoms with van der Waals surface area (Å²) in [7, 11) is 0. The predicted molar refractivity (Wildman–Crippen MR) is 72.1 cm³/mol. The van der Waals surface area contributed by atoms with Gasteiger partial charge in [-0.05, 0) is 24.1 Å². The van der Waals surface area contributed by atoms with Crippen LogP contribution >= 0.6 is 11.6 Å². The molecule has 1 fully saturated rings. The predicted octanol–water partition coefficient (Wildman–Crippen LogP) is 1.91. The standard InChI is InChI=1S/C13H14ClFN2O3/c14-11(13(18)19)17-12(16)8-5-10(20-6-8)7-1-3-9(15)4-2-7/h1-4,8,10-11H,5-6H2,(H2,16,17)(H,18,19)/t8-,10+,11?/m0/s1. The van der Waals surface area contributed by atoms with Gasteiger partial charge in [-0.1, -0.05) is 23.7 Å². The van der Waals surface area contributed by atoms with Gasteiger partial charge in [0.1, 0.15) is 11.7 Å². The van der Waals surface area contributed by atoms with Crippen molar-refractivity contribution in [3.05, 3.63) is 35.6 Å². The molecule has 2 rings (SSSR count). The molecule has 0 spiro atoms. The SMILES string of the molecule is NC(=NC(Cl)C(=O)O)[C@@H]1CO[C@@H](c2ccc(F)cc2)C1. The Morgan fingerprint density at radius 3 is 2.75 bits per heavy atom. The minimum Gasteiger partial charge on any atom is -0.479 e. The van der Waals surface area contributed by atoms with E-state index in [4.69, 9.17) is 27.2 Å². The number of aliphatic imine (C=N–C) groups is 1. The first kappa shape index (κ1) is 14.7. The van der Waals surface area contributed by atoms with Crippen LogP contribution in [-0.4, -0.2) is 29.0 Å². The van der Waals surface area contributed by atoms with Gasteiger partial charge in [-0.15, -0.1) is 0 Å². The van der Waals surface area contributed by atoms with E-state index < -0.39 is 11.5 Å². The average Bonchev–Trinajstić information content (AvgIpc) is 2.89. The molecule has 0 amide bonds. The summed E-state index contributed by atoms with van der Waals surface area (Å²) in [4.78, 5) is 14.3. The van der Waals surface area contributed by atoms with E-state index in [1.165, 1.54) is 12.1 Å². The summed E-state index contributed by atoms with van der Waals surface area (Å²) in [5.74, 6) is -1.58. The number of alkyl halides is 1. The van der Waals surface area contributed by atoms with Crippen molar-refractivity contribution in [2.24, 2.45) is 16.6 Å². The largest absolute Gasteiger partial charge is 0.479 e. The van der Waals surface area contributed by atoms with Gasteiger partial charge in [-0.2, -0.15) is 0 Å². The molecule has 1 aliphatic heterocycles. The van der Waals surface area contributed by atoms with Crippen LogP contribution in [0.25, 0.3) is 0 Å². The highest BCUT2D eigenvalue weighted by atomic mass is 35.5. The van der Waals surface area contributed by atoms with E-state index in [1.54, 1.807) is 12.1 Å². The third-order valence-electron chi connectivity index (χ3n) is 3.12. The summed E-state index contributed by atoms with van der Waals surface area (Å²) in [6.07, 6.45) is 0.359. The molecule has 0 bridgehead atoms. The van der Waals surface area contributed by atoms with Crippen molar-refractivity contribution < 1.29 is 19.0 Å². The van der Waals surface area contributed by atoms with Crippen LogP contribution in [0.3, 0.4) is 0 Å². The Morgan fingerprint density at radius 2 is 2.15 bits per heavy atom. The number of carboxylic acids is 1. The van der Waals surface area contributed by atoms with Crippen LogP contribution in [0.4, 0.5) is 4.39 Å². The highest BCUT2D eigenvalue weighted by molar-refractivity contribution is 6.30. The van der Waals surface area contributed by atoms with Crippen molar-refractivity contribution in [3.8, 4) is 0 Å². The lowest BCUT2D eigenvalue weighted by Crippen LogP contribution is -2.27. The van der Waals surface area contributed by atoms with Crippen molar-refractivity contribution in [2.45, 2.75) is 18.0 Å². The number of hydrogen-bond donors (Lipinski definition) is 2. The third kappa shape index (κ3) is 3.46. The Labute approximate surface area is 120 Å². The molecule has 5 nitrogen and oxygen atoms in total. The number of hydrogen-bond acceptors (Lipinski definition) is 3. The van der Waals surface area contributed by atoms with E-state index in [-0.39, 0.29) is 23.7 Å². The van der Waals surface area contributed by atoms with Crippen molar-refractivity contribution in [3.63, 3.8) is 0 Å². The Balaban J connectivity index is 2.01. The quantitative estimate of drug-likeness (QED) is 0.385. The highest BCUT2D eigenvalue weighted by Gasteiger charge is 2.30. The molecule has 3 atom stereocenters. The number of aliphatic carboxylic acids is 1. The maximum atomic E-state index is 12.8. The zero-order chi connectivity index (χ0) is 14.7. The van der Waals surface area contributed by atoms with Gasteiger partial charge < -0.3 is 15.6 Å². The second kappa shape index (κ2) is 6.19. The van der Waals surface area contributed by atoms with Crippen molar-refractivity contribution in [1.29, 1.82) is 0 Å². The molecule has 1 aromatic rings. The number of nitrogens with two attached hydrogens (primary N) is 1. The number of halogens is 2. The lowest BCUT2D eigenvalue weighted by Gasteiger charge is -2.10. The average molecular weight is 301 g/mol. The summed E-state index contributed by atoms with van der Waals surface area (Å²) < 4.78 is 18.4. The fourth-order valence-corrected chi connectivity index (χ4v) is 2.15. The van der Waals surface area contributed by atoms with Gasteiger partial charge >= 0.3 is 5.97 Å². The maximum Gasteiger partial charge on any atom is 0.344 e. The fourth-order valence-electron chi connectivity index (χ4n) is 2.03. The lowest BCUT2D eigenvalue weighted by atomic mass is 10.00. The normalized spacial score (nSPS) is 24.6. The topological polar surface area (TPSA) is 84.9 Å². The van der Waals surface area contributed by atoms with Gasteiger partial charge in [0, 0.05) is 5.92 Å². The Bertz CT molecular complexity index is 521. The van der Waals surface area contributed by atoms with Crippen LogP contribution in [0.5, 0.6) is 0 Å². The summed E-state index contributed by atoms with van der Waals surface area (Å²) >= 11 is 5.51. The van der Waals surface area contributed by atoms with Gasteiger partial charge in [0.2, 0.25) is 5.50 Å². The van der Waals surface area contributed by atoms with E-state index in [2.05, 4.69) is 4.99 Å². The summed E-state index contributed by atoms with van der Waals surface area (Å²) in [6.45, 7) is 0.334. The van der Waals surface area contributed by atoms with E-state index in [0.717, 1.165) is 5.56 Å². The van der Waals surface area contributed by atoms with E-state index >= 15 is 0 Å². The van der Waals surface area contributed by atoms with Crippen molar-refractivity contribution >= 4 is 23.4 Å². The molecule has 3 N–H and O–H groups in total. The van der Waals surface area contributed by atoms with Crippen LogP contribution in [0, 0.1) is 11.7 Å². The van der Waals surface area contributed by atoms with Gasteiger partial charge in [0.15, 0.2) is 0 Å². The third-order valence-corrected chi connectivity index (χ3v) is 3.41. The van der Waals surface area contributed by atoms with Crippen LogP contribution in [0.2, 0.25) is 0 Å². The number of rotatable bonds is 4. The van der Waals surface area contributed by atoms with Gasteiger partial charge in [-0.25, -0.2) is 14.2 Å². The number of nitrogens with zero attached hydrogens (tertiary/aromatic N) is 1. The summed E-state index contributed by atoms with van der Waals surface area (Å²) in [5.41, 5.74) is 5.20. The first-order valence-corrected chi connectivity index (χ1v) is 6.48. The van der Waals surface area contributed by atoms with Gasteiger partial charge in [0.25, 0.3) is 0 Å². The number of carbonyl (C=O) groups is 1. The van der Waals surface area contributed by atoms with Crippen LogP contribution < -0.4 is 5.73 Å². The zero-order valence-electron chi connectivity index (χ0n) is 10.5.